The zero-order valence-electron chi connectivity index (χ0n) is 16.1. The van der Waals surface area contributed by atoms with Gasteiger partial charge < -0.3 is 20.1 Å². The van der Waals surface area contributed by atoms with Crippen LogP contribution in [0.25, 0.3) is 0 Å². The van der Waals surface area contributed by atoms with Gasteiger partial charge in [-0.05, 0) is 42.0 Å². The Balaban J connectivity index is 1.54. The Morgan fingerprint density at radius 2 is 1.55 bits per heavy atom. The van der Waals surface area contributed by atoms with E-state index in [4.69, 9.17) is 4.74 Å². The van der Waals surface area contributed by atoms with Crippen LogP contribution < -0.4 is 15.4 Å². The summed E-state index contributed by atoms with van der Waals surface area (Å²) in [4.78, 5) is 23.7. The number of nitrogens with one attached hydrogen (secondary N) is 2. The van der Waals surface area contributed by atoms with Crippen LogP contribution in [-0.4, -0.2) is 25.5 Å². The van der Waals surface area contributed by atoms with Gasteiger partial charge in [-0.3, -0.25) is 4.79 Å². The summed E-state index contributed by atoms with van der Waals surface area (Å²) in [5.74, 6) is 0.0388. The van der Waals surface area contributed by atoms with Crippen LogP contribution in [0.15, 0.2) is 78.9 Å². The van der Waals surface area contributed by atoms with Gasteiger partial charge in [0.25, 0.3) is 0 Å². The number of carbonyl (C=O) groups is 2. The number of methoxy groups -OCH3 is 1. The lowest BCUT2D eigenvalue weighted by Gasteiger charge is -2.13. The van der Waals surface area contributed by atoms with Crippen LogP contribution in [0.3, 0.4) is 0 Å². The molecule has 0 aliphatic carbocycles. The van der Waals surface area contributed by atoms with Gasteiger partial charge in [-0.15, -0.1) is 0 Å². The predicted molar refractivity (Wildman–Crippen MR) is 112 cm³/mol. The molecule has 0 aliphatic heterocycles. The third-order valence-electron chi connectivity index (χ3n) is 4.15. The van der Waals surface area contributed by atoms with Gasteiger partial charge in [-0.1, -0.05) is 42.5 Å². The summed E-state index contributed by atoms with van der Waals surface area (Å²) in [6.45, 7) is 0.517. The van der Waals surface area contributed by atoms with Gasteiger partial charge in [-0.25, -0.2) is 4.79 Å². The van der Waals surface area contributed by atoms with Gasteiger partial charge in [0.1, 0.15) is 12.4 Å². The number of hydrogen-bond acceptors (Lipinski definition) is 5. The van der Waals surface area contributed by atoms with Crippen LogP contribution in [0, 0.1) is 0 Å². The average Bonchev–Trinajstić information content (AvgIpc) is 2.77. The number of benzene rings is 3. The molecule has 0 saturated carbocycles. The number of amides is 1. The first-order valence-electron chi connectivity index (χ1n) is 9.13. The second-order valence-electron chi connectivity index (χ2n) is 6.24. The minimum Gasteiger partial charge on any atom is -0.487 e. The molecule has 0 aliphatic rings. The summed E-state index contributed by atoms with van der Waals surface area (Å²) in [6, 6.07) is 23.9. The molecule has 29 heavy (non-hydrogen) atoms. The molecular weight excluding hydrogens is 368 g/mol. The van der Waals surface area contributed by atoms with Crippen molar-refractivity contribution in [2.24, 2.45) is 0 Å². The molecule has 0 fully saturated rings. The van der Waals surface area contributed by atoms with Crippen LogP contribution in [0.4, 0.5) is 11.4 Å². The van der Waals surface area contributed by atoms with Crippen molar-refractivity contribution in [3.8, 4) is 5.75 Å². The van der Waals surface area contributed by atoms with Crippen molar-refractivity contribution in [3.63, 3.8) is 0 Å². The molecule has 0 heterocycles. The highest BCUT2D eigenvalue weighted by molar-refractivity contribution is 5.95. The number of carbonyl (C=O) groups excluding carboxylic acids is 2. The third-order valence-corrected chi connectivity index (χ3v) is 4.15. The molecule has 0 radical (unpaired) electrons. The van der Waals surface area contributed by atoms with E-state index in [1.54, 1.807) is 24.3 Å². The number of anilines is 2. The molecule has 0 saturated heterocycles. The van der Waals surface area contributed by atoms with E-state index in [1.807, 2.05) is 54.6 Å². The molecule has 0 spiro atoms. The van der Waals surface area contributed by atoms with E-state index in [1.165, 1.54) is 7.11 Å². The number of ether oxygens (including phenoxy) is 2. The van der Waals surface area contributed by atoms with Crippen LogP contribution >= 0.6 is 0 Å². The standard InChI is InChI=1S/C23H22N2O4/c1-28-23(27)18-11-13-19(14-12-18)25-22(26)15-24-20-9-5-6-10-21(20)29-16-17-7-3-2-4-8-17/h2-14,24H,15-16H2,1H3,(H,25,26). The molecule has 3 aromatic rings. The Kier molecular flexibility index (Phi) is 6.84. The number of rotatable bonds is 8. The zero-order valence-corrected chi connectivity index (χ0v) is 16.1. The van der Waals surface area contributed by atoms with Crippen LogP contribution in [0.1, 0.15) is 15.9 Å². The largest absolute Gasteiger partial charge is 0.487 e. The first kappa shape index (κ1) is 19.9. The summed E-state index contributed by atoms with van der Waals surface area (Å²) >= 11 is 0. The topological polar surface area (TPSA) is 76.7 Å². The van der Waals surface area contributed by atoms with Crippen molar-refractivity contribution < 1.29 is 19.1 Å². The quantitative estimate of drug-likeness (QED) is 0.566. The molecule has 3 rings (SSSR count). The molecule has 0 bridgehead atoms. The van der Waals surface area contributed by atoms with Crippen LogP contribution in [0.5, 0.6) is 5.75 Å². The lowest BCUT2D eigenvalue weighted by Crippen LogP contribution is -2.22. The Morgan fingerprint density at radius 3 is 2.28 bits per heavy atom. The third kappa shape index (κ3) is 5.84. The molecular formula is C23H22N2O4. The van der Waals surface area contributed by atoms with E-state index >= 15 is 0 Å². The average molecular weight is 390 g/mol. The van der Waals surface area contributed by atoms with E-state index in [2.05, 4.69) is 15.4 Å². The molecule has 0 unspecified atom stereocenters. The van der Waals surface area contributed by atoms with E-state index in [9.17, 15) is 9.59 Å². The minimum atomic E-state index is -0.420. The minimum absolute atomic E-state index is 0.0739. The fourth-order valence-electron chi connectivity index (χ4n) is 2.66. The summed E-state index contributed by atoms with van der Waals surface area (Å²) in [7, 11) is 1.32. The van der Waals surface area contributed by atoms with E-state index < -0.39 is 5.97 Å². The number of hydrogen-bond donors (Lipinski definition) is 2. The monoisotopic (exact) mass is 390 g/mol. The van der Waals surface area contributed by atoms with Crippen molar-refractivity contribution in [1.29, 1.82) is 0 Å². The molecule has 148 valence electrons. The van der Waals surface area contributed by atoms with Gasteiger partial charge in [0.2, 0.25) is 5.91 Å². The van der Waals surface area contributed by atoms with Crippen molar-refractivity contribution in [3.05, 3.63) is 90.0 Å². The summed E-state index contributed by atoms with van der Waals surface area (Å²) < 4.78 is 10.5. The highest BCUT2D eigenvalue weighted by Crippen LogP contribution is 2.24. The van der Waals surface area contributed by atoms with Gasteiger partial charge in [0, 0.05) is 5.69 Å². The van der Waals surface area contributed by atoms with Crippen LogP contribution in [-0.2, 0) is 16.1 Å². The van der Waals surface area contributed by atoms with Crippen molar-refractivity contribution in [2.75, 3.05) is 24.3 Å². The number of para-hydroxylation sites is 2. The number of esters is 1. The Morgan fingerprint density at radius 1 is 0.862 bits per heavy atom. The maximum absolute atomic E-state index is 12.2. The lowest BCUT2D eigenvalue weighted by atomic mass is 10.2. The Bertz CT molecular complexity index is 956. The van der Waals surface area contributed by atoms with Gasteiger partial charge in [-0.2, -0.15) is 0 Å². The molecule has 0 atom stereocenters. The second-order valence-corrected chi connectivity index (χ2v) is 6.24. The summed E-state index contributed by atoms with van der Waals surface area (Å²) in [6.07, 6.45) is 0. The first-order chi connectivity index (χ1) is 14.2. The maximum atomic E-state index is 12.2. The van der Waals surface area contributed by atoms with E-state index in [0.717, 1.165) is 11.3 Å². The predicted octanol–water partition coefficient (Wildman–Crippen LogP) is 4.10. The fourth-order valence-corrected chi connectivity index (χ4v) is 2.66. The van der Waals surface area contributed by atoms with Gasteiger partial charge in [0.15, 0.2) is 0 Å². The van der Waals surface area contributed by atoms with Gasteiger partial charge >= 0.3 is 5.97 Å². The SMILES string of the molecule is COC(=O)c1ccc(NC(=O)CNc2ccccc2OCc2ccccc2)cc1. The van der Waals surface area contributed by atoms with E-state index in [0.29, 0.717) is 23.6 Å². The fraction of sp³-hybridized carbons (Fsp3) is 0.130. The highest BCUT2D eigenvalue weighted by Gasteiger charge is 2.08. The molecule has 6 heteroatoms. The summed E-state index contributed by atoms with van der Waals surface area (Å²) in [5, 5.41) is 5.88. The van der Waals surface area contributed by atoms with Gasteiger partial charge in [0.05, 0.1) is 24.9 Å². The first-order valence-corrected chi connectivity index (χ1v) is 9.13. The van der Waals surface area contributed by atoms with Crippen molar-refractivity contribution in [1.82, 2.24) is 0 Å². The molecule has 1 amide bonds. The Labute approximate surface area is 169 Å². The smallest absolute Gasteiger partial charge is 0.337 e. The second kappa shape index (κ2) is 9.94. The molecule has 2 N–H and O–H groups in total. The molecule has 3 aromatic carbocycles. The highest BCUT2D eigenvalue weighted by atomic mass is 16.5. The lowest BCUT2D eigenvalue weighted by molar-refractivity contribution is -0.114. The van der Waals surface area contributed by atoms with Crippen LogP contribution in [0.2, 0.25) is 0 Å². The van der Waals surface area contributed by atoms with Crippen molar-refractivity contribution >= 4 is 23.3 Å². The summed E-state index contributed by atoms with van der Waals surface area (Å²) in [5.41, 5.74) is 2.82. The van der Waals surface area contributed by atoms with Crippen molar-refractivity contribution in [2.45, 2.75) is 6.61 Å². The Hall–Kier alpha value is -3.80. The molecule has 0 aromatic heterocycles. The molecule has 6 nitrogen and oxygen atoms in total. The van der Waals surface area contributed by atoms with E-state index in [-0.39, 0.29) is 12.5 Å². The normalized spacial score (nSPS) is 10.1. The maximum Gasteiger partial charge on any atom is 0.337 e. The zero-order chi connectivity index (χ0) is 20.5.